The van der Waals surface area contributed by atoms with E-state index in [-0.39, 0.29) is 5.91 Å². The number of amides is 1. The number of thiazole rings is 1. The molecule has 1 aromatic carbocycles. The highest BCUT2D eigenvalue weighted by Gasteiger charge is 2.19. The van der Waals surface area contributed by atoms with Gasteiger partial charge in [-0.1, -0.05) is 6.42 Å². The number of nitrogens with one attached hydrogen (secondary N) is 1. The number of carbonyl (C=O) groups excluding carboxylic acids is 1. The number of benzene rings is 1. The molecule has 140 valence electrons. The molecule has 6 nitrogen and oxygen atoms in total. The number of aromatic nitrogens is 1. The fraction of sp³-hybridized carbons (Fsp3) is 0.474. The Hall–Kier alpha value is -2.12. The summed E-state index contributed by atoms with van der Waals surface area (Å²) in [4.78, 5) is 20.5. The maximum Gasteiger partial charge on any atom is 0.257 e. The van der Waals surface area contributed by atoms with Crippen molar-refractivity contribution in [2.75, 3.05) is 26.1 Å². The standard InChI is InChI=1S/C19H25N3O3S/c1-13-6-4-5-7-22(13)12-17-11-20-19(26-17)21-18(23)14-8-15(24-2)10-16(9-14)25-3/h8-11,13H,4-7,12H2,1-3H3,(H,20,21,23). The van der Waals surface area contributed by atoms with E-state index in [1.54, 1.807) is 32.4 Å². The van der Waals surface area contributed by atoms with Crippen LogP contribution in [0, 0.1) is 0 Å². The van der Waals surface area contributed by atoms with Gasteiger partial charge in [0.05, 0.1) is 14.2 Å². The van der Waals surface area contributed by atoms with Crippen LogP contribution >= 0.6 is 11.3 Å². The number of anilines is 1. The molecule has 0 spiro atoms. The lowest BCUT2D eigenvalue weighted by atomic mass is 10.0. The summed E-state index contributed by atoms with van der Waals surface area (Å²) in [5.41, 5.74) is 0.475. The van der Waals surface area contributed by atoms with Gasteiger partial charge in [-0.2, -0.15) is 0 Å². The first-order valence-electron chi connectivity index (χ1n) is 8.82. The Morgan fingerprint density at radius 1 is 1.27 bits per heavy atom. The zero-order valence-corrected chi connectivity index (χ0v) is 16.3. The number of hydrogen-bond acceptors (Lipinski definition) is 6. The Balaban J connectivity index is 1.66. The molecule has 0 aliphatic carbocycles. The Kier molecular flexibility index (Phi) is 6.11. The van der Waals surface area contributed by atoms with Crippen LogP contribution in [-0.4, -0.2) is 42.6 Å². The zero-order valence-electron chi connectivity index (χ0n) is 15.4. The van der Waals surface area contributed by atoms with Crippen LogP contribution in [-0.2, 0) is 6.54 Å². The summed E-state index contributed by atoms with van der Waals surface area (Å²) in [6.45, 7) is 4.30. The number of nitrogens with zero attached hydrogens (tertiary/aromatic N) is 2. The van der Waals surface area contributed by atoms with Gasteiger partial charge in [-0.05, 0) is 38.4 Å². The van der Waals surface area contributed by atoms with Crippen molar-refractivity contribution in [1.82, 2.24) is 9.88 Å². The third-order valence-electron chi connectivity index (χ3n) is 4.69. The highest BCUT2D eigenvalue weighted by Crippen LogP contribution is 2.26. The molecule has 1 aliphatic heterocycles. The summed E-state index contributed by atoms with van der Waals surface area (Å²) in [5, 5.41) is 3.48. The van der Waals surface area contributed by atoms with Gasteiger partial charge in [-0.3, -0.25) is 15.0 Å². The first-order valence-corrected chi connectivity index (χ1v) is 9.64. The average Bonchev–Trinajstić information content (AvgIpc) is 3.10. The molecule has 3 rings (SSSR count). The lowest BCUT2D eigenvalue weighted by Crippen LogP contribution is -2.36. The van der Waals surface area contributed by atoms with E-state index < -0.39 is 0 Å². The largest absolute Gasteiger partial charge is 0.497 e. The Morgan fingerprint density at radius 3 is 2.65 bits per heavy atom. The number of likely N-dealkylation sites (tertiary alicyclic amines) is 1. The van der Waals surface area contributed by atoms with E-state index in [0.29, 0.717) is 28.2 Å². The number of methoxy groups -OCH3 is 2. The van der Waals surface area contributed by atoms with Gasteiger partial charge in [0.25, 0.3) is 5.91 Å². The molecular formula is C19H25N3O3S. The van der Waals surface area contributed by atoms with Crippen molar-refractivity contribution in [3.8, 4) is 11.5 Å². The summed E-state index contributed by atoms with van der Waals surface area (Å²) < 4.78 is 10.4. The third-order valence-corrected chi connectivity index (χ3v) is 5.58. The predicted octanol–water partition coefficient (Wildman–Crippen LogP) is 3.79. The van der Waals surface area contributed by atoms with Crippen molar-refractivity contribution in [2.45, 2.75) is 38.8 Å². The number of hydrogen-bond donors (Lipinski definition) is 1. The molecule has 2 aromatic rings. The second-order valence-electron chi connectivity index (χ2n) is 6.50. The molecule has 26 heavy (non-hydrogen) atoms. The highest BCUT2D eigenvalue weighted by atomic mass is 32.1. The van der Waals surface area contributed by atoms with Crippen molar-refractivity contribution >= 4 is 22.4 Å². The second kappa shape index (κ2) is 8.51. The lowest BCUT2D eigenvalue weighted by Gasteiger charge is -2.32. The van der Waals surface area contributed by atoms with Crippen LogP contribution in [0.3, 0.4) is 0 Å². The third kappa shape index (κ3) is 4.53. The monoisotopic (exact) mass is 375 g/mol. The van der Waals surface area contributed by atoms with Crippen LogP contribution in [0.1, 0.15) is 41.4 Å². The van der Waals surface area contributed by atoms with Gasteiger partial charge >= 0.3 is 0 Å². The number of rotatable bonds is 6. The summed E-state index contributed by atoms with van der Waals surface area (Å²) in [5.74, 6) is 0.927. The molecule has 7 heteroatoms. The number of ether oxygens (including phenoxy) is 2. The second-order valence-corrected chi connectivity index (χ2v) is 7.62. The number of piperidine rings is 1. The average molecular weight is 375 g/mol. The van der Waals surface area contributed by atoms with Gasteiger partial charge in [0.15, 0.2) is 5.13 Å². The molecule has 0 bridgehead atoms. The van der Waals surface area contributed by atoms with Crippen molar-refractivity contribution in [2.24, 2.45) is 0 Å². The van der Waals surface area contributed by atoms with Gasteiger partial charge < -0.3 is 9.47 Å². The lowest BCUT2D eigenvalue weighted by molar-refractivity contribution is 0.102. The van der Waals surface area contributed by atoms with Gasteiger partial charge in [0.2, 0.25) is 0 Å². The molecular weight excluding hydrogens is 350 g/mol. The molecule has 2 heterocycles. The van der Waals surface area contributed by atoms with E-state index in [1.165, 1.54) is 30.6 Å². The van der Waals surface area contributed by atoms with E-state index >= 15 is 0 Å². The fourth-order valence-electron chi connectivity index (χ4n) is 3.14. The summed E-state index contributed by atoms with van der Waals surface area (Å²) in [6.07, 6.45) is 5.67. The van der Waals surface area contributed by atoms with E-state index in [9.17, 15) is 4.79 Å². The summed E-state index contributed by atoms with van der Waals surface area (Å²) in [6, 6.07) is 5.70. The Bertz CT molecular complexity index is 740. The first kappa shape index (κ1) is 18.7. The molecule has 1 atom stereocenters. The molecule has 0 saturated carbocycles. The minimum atomic E-state index is -0.227. The van der Waals surface area contributed by atoms with Crippen LogP contribution < -0.4 is 14.8 Å². The molecule has 1 amide bonds. The van der Waals surface area contributed by atoms with Crippen LogP contribution in [0.4, 0.5) is 5.13 Å². The minimum absolute atomic E-state index is 0.227. The minimum Gasteiger partial charge on any atom is -0.497 e. The zero-order chi connectivity index (χ0) is 18.5. The van der Waals surface area contributed by atoms with Crippen molar-refractivity contribution in [1.29, 1.82) is 0 Å². The van der Waals surface area contributed by atoms with Crippen LogP contribution in [0.5, 0.6) is 11.5 Å². The van der Waals surface area contributed by atoms with Crippen molar-refractivity contribution in [3.63, 3.8) is 0 Å². The Labute approximate surface area is 158 Å². The fourth-order valence-corrected chi connectivity index (χ4v) is 3.97. The molecule has 1 fully saturated rings. The van der Waals surface area contributed by atoms with E-state index in [4.69, 9.17) is 9.47 Å². The molecule has 1 unspecified atom stereocenters. The maximum atomic E-state index is 12.5. The van der Waals surface area contributed by atoms with E-state index in [0.717, 1.165) is 18.0 Å². The van der Waals surface area contributed by atoms with E-state index in [2.05, 4.69) is 22.1 Å². The van der Waals surface area contributed by atoms with Crippen molar-refractivity contribution in [3.05, 3.63) is 34.8 Å². The number of carbonyl (C=O) groups is 1. The summed E-state index contributed by atoms with van der Waals surface area (Å²) in [7, 11) is 3.12. The SMILES string of the molecule is COc1cc(OC)cc(C(=O)Nc2ncc(CN3CCCCC3C)s2)c1. The van der Waals surface area contributed by atoms with Gasteiger partial charge in [0.1, 0.15) is 11.5 Å². The normalized spacial score (nSPS) is 17.7. The first-order chi connectivity index (χ1) is 12.6. The highest BCUT2D eigenvalue weighted by molar-refractivity contribution is 7.15. The molecule has 1 N–H and O–H groups in total. The topological polar surface area (TPSA) is 63.7 Å². The van der Waals surface area contributed by atoms with Crippen LogP contribution in [0.25, 0.3) is 0 Å². The summed E-state index contributed by atoms with van der Waals surface area (Å²) >= 11 is 1.52. The van der Waals surface area contributed by atoms with E-state index in [1.807, 2.05) is 6.20 Å². The predicted molar refractivity (Wildman–Crippen MR) is 103 cm³/mol. The molecule has 1 aromatic heterocycles. The molecule has 1 aliphatic rings. The Morgan fingerprint density at radius 2 is 2.00 bits per heavy atom. The molecule has 1 saturated heterocycles. The van der Waals surface area contributed by atoms with Gasteiger partial charge in [-0.15, -0.1) is 11.3 Å². The van der Waals surface area contributed by atoms with Crippen LogP contribution in [0.2, 0.25) is 0 Å². The quantitative estimate of drug-likeness (QED) is 0.832. The van der Waals surface area contributed by atoms with Gasteiger partial charge in [0, 0.05) is 35.3 Å². The smallest absolute Gasteiger partial charge is 0.257 e. The maximum absolute atomic E-state index is 12.5. The molecule has 0 radical (unpaired) electrons. The van der Waals surface area contributed by atoms with Crippen molar-refractivity contribution < 1.29 is 14.3 Å². The van der Waals surface area contributed by atoms with Crippen LogP contribution in [0.15, 0.2) is 24.4 Å². The van der Waals surface area contributed by atoms with Gasteiger partial charge in [-0.25, -0.2) is 4.98 Å².